The van der Waals surface area contributed by atoms with Gasteiger partial charge in [-0.25, -0.2) is 0 Å². The van der Waals surface area contributed by atoms with E-state index in [2.05, 4.69) is 77.4 Å². The van der Waals surface area contributed by atoms with E-state index < -0.39 is 0 Å². The van der Waals surface area contributed by atoms with E-state index in [4.69, 9.17) is 14.2 Å². The molecule has 1 aromatic rings. The summed E-state index contributed by atoms with van der Waals surface area (Å²) in [5, 5.41) is 0. The standard InChI is InChI=1S/C56H100NO3/c1-7-12-15-18-21-24-27-29-31-33-36-38-41-44-47-58-54-50-53(52-57(6,10-4)11-5)51-55(56(54)60-49-46-43-40-35-26-23-20-17-14-9-3)59-48-45-42-39-37-34-32-30-28-25-22-19-16-13-8-2/h7-8,12-13,15-16,50-51H,1-2,9-11,14,17-49,52H2,3-6H3/q+1/b15-12+,16-13+. The van der Waals surface area contributed by atoms with Crippen molar-refractivity contribution in [2.45, 2.75) is 233 Å². The summed E-state index contributed by atoms with van der Waals surface area (Å²) in [4.78, 5) is 0. The molecule has 0 atom stereocenters. The third-order valence-corrected chi connectivity index (χ3v) is 12.5. The van der Waals surface area contributed by atoms with E-state index >= 15 is 0 Å². The lowest BCUT2D eigenvalue weighted by atomic mass is 10.1. The van der Waals surface area contributed by atoms with Crippen molar-refractivity contribution in [1.82, 2.24) is 0 Å². The average Bonchev–Trinajstić information content (AvgIpc) is 3.26. The first kappa shape index (κ1) is 55.6. The molecule has 0 spiro atoms. The first-order valence-corrected chi connectivity index (χ1v) is 26.0. The molecule has 0 fully saturated rings. The van der Waals surface area contributed by atoms with Crippen LogP contribution in [0.5, 0.6) is 17.2 Å². The maximum Gasteiger partial charge on any atom is 0.203 e. The molecule has 0 bridgehead atoms. The van der Waals surface area contributed by atoms with Crippen LogP contribution in [0.2, 0.25) is 0 Å². The van der Waals surface area contributed by atoms with Crippen LogP contribution in [0.25, 0.3) is 0 Å². The van der Waals surface area contributed by atoms with Crippen LogP contribution in [0.1, 0.15) is 232 Å². The molecule has 60 heavy (non-hydrogen) atoms. The first-order valence-electron chi connectivity index (χ1n) is 26.0. The SMILES string of the molecule is C=C/C=C/CCCCCCCCCCCCOc1cc(C[N+](C)(CC)CC)cc(OCCCCCCCCCCCC/C=C/C=C)c1OCCCCCCCCCCCC. The van der Waals surface area contributed by atoms with Gasteiger partial charge in [-0.2, -0.15) is 0 Å². The van der Waals surface area contributed by atoms with Crippen LogP contribution in [0.4, 0.5) is 0 Å². The monoisotopic (exact) mass is 835 g/mol. The van der Waals surface area contributed by atoms with Crippen molar-refractivity contribution in [2.75, 3.05) is 40.0 Å². The third kappa shape index (κ3) is 32.3. The van der Waals surface area contributed by atoms with Gasteiger partial charge in [-0.1, -0.05) is 217 Å². The van der Waals surface area contributed by atoms with E-state index in [1.165, 1.54) is 192 Å². The normalized spacial score (nSPS) is 11.9. The van der Waals surface area contributed by atoms with Gasteiger partial charge in [-0.15, -0.1) is 0 Å². The van der Waals surface area contributed by atoms with Crippen molar-refractivity contribution >= 4 is 0 Å². The zero-order valence-corrected chi connectivity index (χ0v) is 40.6. The van der Waals surface area contributed by atoms with Crippen LogP contribution in [-0.2, 0) is 6.54 Å². The van der Waals surface area contributed by atoms with Gasteiger partial charge in [0.1, 0.15) is 6.54 Å². The number of unbranched alkanes of at least 4 members (excludes halogenated alkanes) is 29. The minimum atomic E-state index is 0.721. The Labute approximate surface area is 374 Å². The quantitative estimate of drug-likeness (QED) is 0.0372. The Morgan fingerprint density at radius 2 is 0.750 bits per heavy atom. The van der Waals surface area contributed by atoms with Gasteiger partial charge in [0.2, 0.25) is 5.75 Å². The molecule has 0 saturated carbocycles. The van der Waals surface area contributed by atoms with Crippen molar-refractivity contribution in [3.05, 3.63) is 67.3 Å². The van der Waals surface area contributed by atoms with E-state index in [0.717, 1.165) is 80.4 Å². The highest BCUT2D eigenvalue weighted by molar-refractivity contribution is 5.54. The maximum absolute atomic E-state index is 6.66. The average molecular weight is 835 g/mol. The molecule has 346 valence electrons. The highest BCUT2D eigenvalue weighted by atomic mass is 16.5. The Hall–Kier alpha value is -2.46. The first-order chi connectivity index (χ1) is 29.5. The van der Waals surface area contributed by atoms with Crippen LogP contribution < -0.4 is 14.2 Å². The minimum Gasteiger partial charge on any atom is -0.490 e. The largest absolute Gasteiger partial charge is 0.490 e. The highest BCUT2D eigenvalue weighted by Gasteiger charge is 2.22. The Morgan fingerprint density at radius 3 is 1.08 bits per heavy atom. The number of nitrogens with zero attached hydrogens (tertiary/aromatic N) is 1. The summed E-state index contributed by atoms with van der Waals surface area (Å²) in [6, 6.07) is 4.55. The molecular weight excluding hydrogens is 735 g/mol. The molecule has 1 aromatic carbocycles. The highest BCUT2D eigenvalue weighted by Crippen LogP contribution is 2.40. The molecule has 0 aliphatic rings. The Bertz CT molecular complexity index is 1100. The molecule has 0 saturated heterocycles. The number of quaternary nitrogens is 1. The molecule has 0 aliphatic heterocycles. The van der Waals surface area contributed by atoms with Crippen LogP contribution in [0, 0.1) is 0 Å². The Balaban J connectivity index is 2.73. The fourth-order valence-corrected chi connectivity index (χ4v) is 8.04. The van der Waals surface area contributed by atoms with E-state index in [0.29, 0.717) is 0 Å². The van der Waals surface area contributed by atoms with Crippen LogP contribution in [-0.4, -0.2) is 44.4 Å². The van der Waals surface area contributed by atoms with Crippen molar-refractivity contribution in [3.8, 4) is 17.2 Å². The van der Waals surface area contributed by atoms with Gasteiger partial charge < -0.3 is 18.7 Å². The number of rotatable bonds is 46. The zero-order valence-electron chi connectivity index (χ0n) is 40.6. The van der Waals surface area contributed by atoms with Crippen LogP contribution in [0.3, 0.4) is 0 Å². The number of benzene rings is 1. The molecule has 0 aliphatic carbocycles. The van der Waals surface area contributed by atoms with Gasteiger partial charge >= 0.3 is 0 Å². The Kier molecular flexibility index (Phi) is 38.8. The summed E-state index contributed by atoms with van der Waals surface area (Å²) in [6.07, 6.45) is 54.1. The van der Waals surface area contributed by atoms with E-state index in [-0.39, 0.29) is 0 Å². The number of allylic oxidation sites excluding steroid dienone is 6. The van der Waals surface area contributed by atoms with E-state index in [1.807, 2.05) is 12.2 Å². The summed E-state index contributed by atoms with van der Waals surface area (Å²) < 4.78 is 21.0. The van der Waals surface area contributed by atoms with Gasteiger partial charge in [0.05, 0.1) is 40.0 Å². The van der Waals surface area contributed by atoms with Gasteiger partial charge in [0, 0.05) is 5.56 Å². The van der Waals surface area contributed by atoms with Crippen molar-refractivity contribution in [1.29, 1.82) is 0 Å². The molecule has 4 nitrogen and oxygen atoms in total. The van der Waals surface area contributed by atoms with Crippen molar-refractivity contribution in [2.24, 2.45) is 0 Å². The fraction of sp³-hybridized carbons (Fsp3) is 0.750. The molecule has 0 heterocycles. The van der Waals surface area contributed by atoms with E-state index in [1.54, 1.807) is 0 Å². The third-order valence-electron chi connectivity index (χ3n) is 12.5. The lowest BCUT2D eigenvalue weighted by molar-refractivity contribution is -0.919. The lowest BCUT2D eigenvalue weighted by Gasteiger charge is -2.32. The van der Waals surface area contributed by atoms with Crippen molar-refractivity contribution in [3.63, 3.8) is 0 Å². The van der Waals surface area contributed by atoms with Crippen LogP contribution >= 0.6 is 0 Å². The predicted molar refractivity (Wildman–Crippen MR) is 266 cm³/mol. The molecule has 0 N–H and O–H groups in total. The molecule has 0 amide bonds. The smallest absolute Gasteiger partial charge is 0.203 e. The van der Waals surface area contributed by atoms with Gasteiger partial charge in [0.15, 0.2) is 11.5 Å². The summed E-state index contributed by atoms with van der Waals surface area (Å²) >= 11 is 0. The number of hydrogen-bond donors (Lipinski definition) is 0. The molecular formula is C56H100NO3+. The van der Waals surface area contributed by atoms with Gasteiger partial charge in [0.25, 0.3) is 0 Å². The molecule has 0 radical (unpaired) electrons. The van der Waals surface area contributed by atoms with Gasteiger partial charge in [-0.05, 0) is 70.9 Å². The fourth-order valence-electron chi connectivity index (χ4n) is 8.04. The van der Waals surface area contributed by atoms with Crippen molar-refractivity contribution < 1.29 is 18.7 Å². The zero-order chi connectivity index (χ0) is 43.5. The summed E-state index contributed by atoms with van der Waals surface area (Å²) in [6.45, 7) is 19.8. The second kappa shape index (κ2) is 41.9. The Morgan fingerprint density at radius 1 is 0.433 bits per heavy atom. The lowest BCUT2D eigenvalue weighted by Crippen LogP contribution is -2.42. The number of ether oxygens (including phenoxy) is 3. The molecule has 1 rings (SSSR count). The summed E-state index contributed by atoms with van der Waals surface area (Å²) in [5.74, 6) is 2.62. The molecule has 4 heteroatoms. The number of hydrogen-bond acceptors (Lipinski definition) is 3. The molecule has 0 unspecified atom stereocenters. The van der Waals surface area contributed by atoms with Gasteiger partial charge in [-0.3, -0.25) is 0 Å². The van der Waals surface area contributed by atoms with Crippen LogP contribution in [0.15, 0.2) is 61.7 Å². The maximum atomic E-state index is 6.66. The second-order valence-corrected chi connectivity index (χ2v) is 18.0. The molecule has 0 aromatic heterocycles. The summed E-state index contributed by atoms with van der Waals surface area (Å²) in [5.41, 5.74) is 1.29. The second-order valence-electron chi connectivity index (χ2n) is 18.0. The van der Waals surface area contributed by atoms with E-state index in [9.17, 15) is 0 Å². The summed E-state index contributed by atoms with van der Waals surface area (Å²) in [7, 11) is 2.36. The topological polar surface area (TPSA) is 27.7 Å². The minimum absolute atomic E-state index is 0.721. The predicted octanol–water partition coefficient (Wildman–Crippen LogP) is 17.8.